The molecule has 0 aliphatic heterocycles. The molecule has 0 amide bonds. The summed E-state index contributed by atoms with van der Waals surface area (Å²) in [4.78, 5) is 30.2. The third-order valence-corrected chi connectivity index (χ3v) is 5.75. The molecule has 0 unspecified atom stereocenters. The van der Waals surface area contributed by atoms with E-state index in [2.05, 4.69) is 4.98 Å². The smallest absolute Gasteiger partial charge is 0.374 e. The molecule has 0 atom stereocenters. The average Bonchev–Trinajstić information content (AvgIpc) is 3.36. The van der Waals surface area contributed by atoms with Crippen molar-refractivity contribution in [1.29, 1.82) is 0 Å². The number of benzene rings is 1. The SMILES string of the molecule is COC(=O)c1occc1CSc1nc2sccc2c(=O)n1-c1ccccc1. The Kier molecular flexibility index (Phi) is 4.83. The number of para-hydroxylation sites is 1. The van der Waals surface area contributed by atoms with Crippen LogP contribution in [-0.2, 0) is 10.5 Å². The highest BCUT2D eigenvalue weighted by Crippen LogP contribution is 2.27. The van der Waals surface area contributed by atoms with Gasteiger partial charge in [0, 0.05) is 11.3 Å². The van der Waals surface area contributed by atoms with Crippen LogP contribution in [-0.4, -0.2) is 22.6 Å². The van der Waals surface area contributed by atoms with Gasteiger partial charge < -0.3 is 9.15 Å². The van der Waals surface area contributed by atoms with E-state index in [1.54, 1.807) is 16.7 Å². The first kappa shape index (κ1) is 17.6. The van der Waals surface area contributed by atoms with E-state index in [4.69, 9.17) is 9.15 Å². The zero-order valence-electron chi connectivity index (χ0n) is 14.2. The first-order valence-electron chi connectivity index (χ1n) is 8.02. The molecule has 136 valence electrons. The molecule has 0 bridgehead atoms. The zero-order chi connectivity index (χ0) is 18.8. The van der Waals surface area contributed by atoms with Crippen LogP contribution in [0.4, 0.5) is 0 Å². The molecule has 0 saturated carbocycles. The second-order valence-electron chi connectivity index (χ2n) is 5.57. The first-order chi connectivity index (χ1) is 13.2. The average molecular weight is 398 g/mol. The minimum absolute atomic E-state index is 0.115. The predicted molar refractivity (Wildman–Crippen MR) is 105 cm³/mol. The summed E-state index contributed by atoms with van der Waals surface area (Å²) in [5.74, 6) is 0.0467. The maximum atomic E-state index is 13.0. The van der Waals surface area contributed by atoms with Crippen molar-refractivity contribution in [2.24, 2.45) is 0 Å². The Hall–Kier alpha value is -2.84. The van der Waals surface area contributed by atoms with Crippen LogP contribution >= 0.6 is 23.1 Å². The molecule has 27 heavy (non-hydrogen) atoms. The second-order valence-corrected chi connectivity index (χ2v) is 7.40. The molecule has 0 fully saturated rings. The van der Waals surface area contributed by atoms with Crippen molar-refractivity contribution in [2.75, 3.05) is 7.11 Å². The third kappa shape index (κ3) is 3.29. The Bertz CT molecular complexity index is 1160. The number of fused-ring (bicyclic) bond motifs is 1. The molecule has 3 aromatic heterocycles. The summed E-state index contributed by atoms with van der Waals surface area (Å²) in [5, 5.41) is 3.00. The Morgan fingerprint density at radius 3 is 2.85 bits per heavy atom. The van der Waals surface area contributed by atoms with E-state index in [-0.39, 0.29) is 11.3 Å². The minimum Gasteiger partial charge on any atom is -0.463 e. The van der Waals surface area contributed by atoms with Crippen LogP contribution in [0, 0.1) is 0 Å². The molecule has 6 nitrogen and oxygen atoms in total. The summed E-state index contributed by atoms with van der Waals surface area (Å²) < 4.78 is 11.6. The van der Waals surface area contributed by atoms with Gasteiger partial charge in [0.15, 0.2) is 5.16 Å². The highest BCUT2D eigenvalue weighted by atomic mass is 32.2. The van der Waals surface area contributed by atoms with Crippen molar-refractivity contribution in [1.82, 2.24) is 9.55 Å². The molecule has 0 radical (unpaired) electrons. The lowest BCUT2D eigenvalue weighted by molar-refractivity contribution is 0.0564. The number of aromatic nitrogens is 2. The molecule has 3 heterocycles. The molecule has 0 aliphatic rings. The van der Waals surface area contributed by atoms with E-state index in [0.29, 0.717) is 26.7 Å². The number of thioether (sulfide) groups is 1. The van der Waals surface area contributed by atoms with Crippen LogP contribution in [0.25, 0.3) is 15.9 Å². The number of rotatable bonds is 5. The maximum Gasteiger partial charge on any atom is 0.374 e. The fourth-order valence-corrected chi connectivity index (χ4v) is 4.46. The Labute approximate surface area is 162 Å². The van der Waals surface area contributed by atoms with Crippen molar-refractivity contribution in [3.05, 3.63) is 75.8 Å². The number of nitrogens with zero attached hydrogens (tertiary/aromatic N) is 2. The van der Waals surface area contributed by atoms with Gasteiger partial charge in [-0.15, -0.1) is 11.3 Å². The molecule has 8 heteroatoms. The van der Waals surface area contributed by atoms with Crippen molar-refractivity contribution in [3.63, 3.8) is 0 Å². The van der Waals surface area contributed by atoms with E-state index in [0.717, 1.165) is 5.69 Å². The molecular weight excluding hydrogens is 384 g/mol. The number of carbonyl (C=O) groups excluding carboxylic acids is 1. The molecule has 0 N–H and O–H groups in total. The summed E-state index contributed by atoms with van der Waals surface area (Å²) in [5.41, 5.74) is 1.31. The third-order valence-electron chi connectivity index (χ3n) is 3.96. The van der Waals surface area contributed by atoms with Crippen LogP contribution in [0.5, 0.6) is 0 Å². The first-order valence-corrected chi connectivity index (χ1v) is 9.88. The van der Waals surface area contributed by atoms with Crippen LogP contribution in [0.3, 0.4) is 0 Å². The van der Waals surface area contributed by atoms with E-state index in [1.165, 1.54) is 36.5 Å². The topological polar surface area (TPSA) is 74.3 Å². The summed E-state index contributed by atoms with van der Waals surface area (Å²) in [7, 11) is 1.31. The normalized spacial score (nSPS) is 11.0. The maximum absolute atomic E-state index is 13.0. The number of esters is 1. The lowest BCUT2D eigenvalue weighted by Crippen LogP contribution is -2.21. The van der Waals surface area contributed by atoms with Crippen LogP contribution in [0.1, 0.15) is 16.1 Å². The fraction of sp³-hybridized carbons (Fsp3) is 0.105. The van der Waals surface area contributed by atoms with Gasteiger partial charge >= 0.3 is 5.97 Å². The van der Waals surface area contributed by atoms with Crippen LogP contribution < -0.4 is 5.56 Å². The van der Waals surface area contributed by atoms with Gasteiger partial charge in [0.25, 0.3) is 5.56 Å². The number of hydrogen-bond acceptors (Lipinski definition) is 7. The largest absolute Gasteiger partial charge is 0.463 e. The van der Waals surface area contributed by atoms with Crippen LogP contribution in [0.15, 0.2) is 68.5 Å². The lowest BCUT2D eigenvalue weighted by atomic mass is 10.3. The summed E-state index contributed by atoms with van der Waals surface area (Å²) >= 11 is 2.79. The minimum atomic E-state index is -0.530. The molecule has 1 aromatic carbocycles. The summed E-state index contributed by atoms with van der Waals surface area (Å²) in [6.07, 6.45) is 1.45. The second kappa shape index (κ2) is 7.42. The van der Waals surface area contributed by atoms with Gasteiger partial charge in [-0.3, -0.25) is 9.36 Å². The molecule has 0 saturated heterocycles. The number of methoxy groups -OCH3 is 1. The highest BCUT2D eigenvalue weighted by Gasteiger charge is 2.18. The molecule has 0 spiro atoms. The van der Waals surface area contributed by atoms with Gasteiger partial charge in [-0.2, -0.15) is 0 Å². The van der Waals surface area contributed by atoms with Crippen LogP contribution in [0.2, 0.25) is 0 Å². The van der Waals surface area contributed by atoms with Crippen molar-refractivity contribution < 1.29 is 13.9 Å². The van der Waals surface area contributed by atoms with Crippen molar-refractivity contribution in [2.45, 2.75) is 10.9 Å². The van der Waals surface area contributed by atoms with Gasteiger partial charge in [-0.25, -0.2) is 9.78 Å². The molecular formula is C19H14N2O4S2. The number of thiophene rings is 1. The fourth-order valence-electron chi connectivity index (χ4n) is 2.66. The van der Waals surface area contributed by atoms with Gasteiger partial charge in [-0.05, 0) is 29.6 Å². The zero-order valence-corrected chi connectivity index (χ0v) is 15.9. The van der Waals surface area contributed by atoms with E-state index in [1.807, 2.05) is 35.7 Å². The number of hydrogen-bond donors (Lipinski definition) is 0. The van der Waals surface area contributed by atoms with Gasteiger partial charge in [0.1, 0.15) is 4.83 Å². The Morgan fingerprint density at radius 2 is 2.07 bits per heavy atom. The standard InChI is InChI=1S/C19H14N2O4S2/c1-24-18(23)15-12(7-9-25-15)11-27-19-20-16-14(8-10-26-16)17(22)21(19)13-5-3-2-4-6-13/h2-10H,11H2,1H3. The van der Waals surface area contributed by atoms with Gasteiger partial charge in [-0.1, -0.05) is 30.0 Å². The quantitative estimate of drug-likeness (QED) is 0.286. The van der Waals surface area contributed by atoms with Crippen molar-refractivity contribution >= 4 is 39.3 Å². The van der Waals surface area contributed by atoms with E-state index in [9.17, 15) is 9.59 Å². The monoisotopic (exact) mass is 398 g/mol. The van der Waals surface area contributed by atoms with E-state index < -0.39 is 5.97 Å². The predicted octanol–water partition coefficient (Wildman–Crippen LogP) is 4.12. The number of ether oxygens (including phenoxy) is 1. The number of carbonyl (C=O) groups is 1. The highest BCUT2D eigenvalue weighted by molar-refractivity contribution is 7.98. The van der Waals surface area contributed by atoms with E-state index >= 15 is 0 Å². The molecule has 4 aromatic rings. The number of furan rings is 1. The summed E-state index contributed by atoms with van der Waals surface area (Å²) in [6, 6.07) is 12.9. The van der Waals surface area contributed by atoms with Gasteiger partial charge in [0.05, 0.1) is 24.4 Å². The van der Waals surface area contributed by atoms with Crippen molar-refractivity contribution in [3.8, 4) is 5.69 Å². The molecule has 0 aliphatic carbocycles. The summed E-state index contributed by atoms with van der Waals surface area (Å²) in [6.45, 7) is 0. The Morgan fingerprint density at radius 1 is 1.26 bits per heavy atom. The Balaban J connectivity index is 1.76. The molecule has 4 rings (SSSR count). The van der Waals surface area contributed by atoms with Gasteiger partial charge in [0.2, 0.25) is 5.76 Å². The lowest BCUT2D eigenvalue weighted by Gasteiger charge is -2.11.